The smallest absolute Gasteiger partial charge is 0.241 e. The molecule has 1 unspecified atom stereocenters. The summed E-state index contributed by atoms with van der Waals surface area (Å²) in [5.41, 5.74) is -10.2. The number of thioether (sulfide) groups is 1. The number of halogens is 6. The van der Waals surface area contributed by atoms with Crippen LogP contribution in [-0.4, -0.2) is 15.2 Å². The largest absolute Gasteiger partial charge is 0.483 e. The van der Waals surface area contributed by atoms with Gasteiger partial charge in [0.25, 0.3) is 0 Å². The molecule has 0 aromatic heterocycles. The van der Waals surface area contributed by atoms with Gasteiger partial charge in [0.15, 0.2) is 9.73 Å². The summed E-state index contributed by atoms with van der Waals surface area (Å²) in [5, 5.41) is 0. The summed E-state index contributed by atoms with van der Waals surface area (Å²) in [6, 6.07) is 3.42. The molecule has 1 rings (SSSR count). The van der Waals surface area contributed by atoms with Gasteiger partial charge in [-0.2, -0.15) is 26.3 Å². The van der Waals surface area contributed by atoms with Gasteiger partial charge in [-0.25, -0.2) is 8.99 Å². The van der Waals surface area contributed by atoms with Gasteiger partial charge < -0.3 is 0 Å². The number of nitrogens with one attached hydrogen (secondary N) is 1. The summed E-state index contributed by atoms with van der Waals surface area (Å²) in [4.78, 5) is -2.07. The Bertz CT molecular complexity index is 533. The SMILES string of the molecule is N=S(=O)(c1ccccc1SC(F)(F)F)C(F)(F)F. The molecule has 0 aliphatic heterocycles. The van der Waals surface area contributed by atoms with E-state index in [1.165, 1.54) is 0 Å². The minimum absolute atomic E-state index is 0.608. The first-order chi connectivity index (χ1) is 7.95. The van der Waals surface area contributed by atoms with Crippen LogP contribution < -0.4 is 0 Å². The normalized spacial score (nSPS) is 16.3. The van der Waals surface area contributed by atoms with Crippen LogP contribution in [0.1, 0.15) is 0 Å². The van der Waals surface area contributed by atoms with E-state index < -0.39 is 42.3 Å². The zero-order chi connectivity index (χ0) is 14.2. The molecule has 0 aliphatic rings. The molecule has 18 heavy (non-hydrogen) atoms. The monoisotopic (exact) mass is 309 g/mol. The summed E-state index contributed by atoms with van der Waals surface area (Å²) < 4.78 is 91.6. The molecule has 0 bridgehead atoms. The van der Waals surface area contributed by atoms with Gasteiger partial charge >= 0.3 is 11.0 Å². The topological polar surface area (TPSA) is 40.9 Å². The second-order valence-electron chi connectivity index (χ2n) is 3.00. The lowest BCUT2D eigenvalue weighted by molar-refractivity contribution is -0.0411. The summed E-state index contributed by atoms with van der Waals surface area (Å²) >= 11 is -0.829. The van der Waals surface area contributed by atoms with Gasteiger partial charge in [0.2, 0.25) is 0 Å². The number of alkyl halides is 6. The zero-order valence-corrected chi connectivity index (χ0v) is 9.93. The van der Waals surface area contributed by atoms with E-state index in [2.05, 4.69) is 0 Å². The average Bonchev–Trinajstić information content (AvgIpc) is 2.13. The molecule has 1 aromatic rings. The van der Waals surface area contributed by atoms with E-state index in [0.717, 1.165) is 18.2 Å². The molecule has 0 amide bonds. The summed E-state index contributed by atoms with van der Waals surface area (Å²) in [6.45, 7) is 0. The van der Waals surface area contributed by atoms with E-state index in [-0.39, 0.29) is 0 Å². The molecule has 1 N–H and O–H groups in total. The van der Waals surface area contributed by atoms with Gasteiger partial charge in [-0.05, 0) is 23.9 Å². The lowest BCUT2D eigenvalue weighted by atomic mass is 10.4. The molecule has 0 spiro atoms. The van der Waals surface area contributed by atoms with Gasteiger partial charge in [-0.1, -0.05) is 12.1 Å². The average molecular weight is 309 g/mol. The van der Waals surface area contributed by atoms with Crippen LogP contribution in [0.15, 0.2) is 34.1 Å². The van der Waals surface area contributed by atoms with Crippen LogP contribution in [0.25, 0.3) is 0 Å². The lowest BCUT2D eigenvalue weighted by Crippen LogP contribution is -2.22. The van der Waals surface area contributed by atoms with Crippen molar-refractivity contribution in [3.05, 3.63) is 24.3 Å². The summed E-state index contributed by atoms with van der Waals surface area (Å²) in [5.74, 6) is 0. The second-order valence-corrected chi connectivity index (χ2v) is 6.12. The summed E-state index contributed by atoms with van der Waals surface area (Å²) in [7, 11) is -5.30. The van der Waals surface area contributed by atoms with Crippen molar-refractivity contribution in [2.75, 3.05) is 0 Å². The molecule has 0 aliphatic carbocycles. The van der Waals surface area contributed by atoms with Crippen LogP contribution in [0.4, 0.5) is 26.3 Å². The number of benzene rings is 1. The standard InChI is InChI=1S/C8H5F6NOS2/c9-7(10,11)17-5-3-1-2-4-6(5)18(15,16)8(12,13)14/h1-4,15H. The third-order valence-electron chi connectivity index (χ3n) is 1.71. The summed E-state index contributed by atoms with van der Waals surface area (Å²) in [6.07, 6.45) is 0. The number of rotatable bonds is 2. The molecule has 102 valence electrons. The molecule has 0 saturated heterocycles. The van der Waals surface area contributed by atoms with E-state index in [1.807, 2.05) is 0 Å². The molecule has 1 aromatic carbocycles. The Morgan fingerprint density at radius 2 is 1.56 bits per heavy atom. The van der Waals surface area contributed by atoms with Crippen molar-refractivity contribution in [3.8, 4) is 0 Å². The Kier molecular flexibility index (Phi) is 3.92. The van der Waals surface area contributed by atoms with Crippen LogP contribution in [0.5, 0.6) is 0 Å². The quantitative estimate of drug-likeness (QED) is 0.656. The Labute approximate surface area is 102 Å². The van der Waals surface area contributed by atoms with Crippen LogP contribution in [0.2, 0.25) is 0 Å². The van der Waals surface area contributed by atoms with Crippen molar-refractivity contribution in [2.24, 2.45) is 0 Å². The van der Waals surface area contributed by atoms with Crippen molar-refractivity contribution in [1.82, 2.24) is 0 Å². The molecular weight excluding hydrogens is 304 g/mol. The van der Waals surface area contributed by atoms with Crippen LogP contribution in [-0.2, 0) is 9.73 Å². The van der Waals surface area contributed by atoms with E-state index in [0.29, 0.717) is 6.07 Å². The fourth-order valence-electron chi connectivity index (χ4n) is 1.02. The molecule has 0 heterocycles. The lowest BCUT2D eigenvalue weighted by Gasteiger charge is -2.15. The first-order valence-corrected chi connectivity index (χ1v) is 6.52. The Balaban J connectivity index is 3.36. The van der Waals surface area contributed by atoms with Gasteiger partial charge in [0, 0.05) is 4.90 Å². The fraction of sp³-hybridized carbons (Fsp3) is 0.250. The van der Waals surface area contributed by atoms with E-state index >= 15 is 0 Å². The first-order valence-electron chi connectivity index (χ1n) is 4.15. The molecule has 0 saturated carbocycles. The highest BCUT2D eigenvalue weighted by atomic mass is 32.2. The maximum absolute atomic E-state index is 12.4. The van der Waals surface area contributed by atoms with Crippen LogP contribution in [0, 0.1) is 4.78 Å². The van der Waals surface area contributed by atoms with Gasteiger partial charge in [0.05, 0.1) is 4.90 Å². The Morgan fingerprint density at radius 3 is 2.00 bits per heavy atom. The van der Waals surface area contributed by atoms with Crippen molar-refractivity contribution in [1.29, 1.82) is 4.78 Å². The molecule has 0 radical (unpaired) electrons. The van der Waals surface area contributed by atoms with Crippen molar-refractivity contribution < 1.29 is 30.6 Å². The van der Waals surface area contributed by atoms with E-state index in [9.17, 15) is 30.6 Å². The fourth-order valence-corrected chi connectivity index (χ4v) is 2.93. The van der Waals surface area contributed by atoms with Crippen LogP contribution >= 0.6 is 11.8 Å². The Hall–Kier alpha value is -0.900. The van der Waals surface area contributed by atoms with Crippen molar-refractivity contribution in [2.45, 2.75) is 20.8 Å². The van der Waals surface area contributed by atoms with Gasteiger partial charge in [-0.15, -0.1) is 0 Å². The molecular formula is C8H5F6NOS2. The molecule has 10 heteroatoms. The highest BCUT2D eigenvalue weighted by Gasteiger charge is 2.45. The molecule has 0 fully saturated rings. The van der Waals surface area contributed by atoms with Gasteiger partial charge in [-0.3, -0.25) is 0 Å². The Morgan fingerprint density at radius 1 is 1.06 bits per heavy atom. The minimum Gasteiger partial charge on any atom is -0.241 e. The van der Waals surface area contributed by atoms with Gasteiger partial charge in [0.1, 0.15) is 0 Å². The predicted octanol–water partition coefficient (Wildman–Crippen LogP) is 4.22. The highest BCUT2D eigenvalue weighted by Crippen LogP contribution is 2.42. The van der Waals surface area contributed by atoms with Crippen molar-refractivity contribution >= 4 is 21.5 Å². The number of hydrogen-bond acceptors (Lipinski definition) is 3. The van der Waals surface area contributed by atoms with E-state index in [4.69, 9.17) is 4.78 Å². The number of hydrogen-bond donors (Lipinski definition) is 1. The van der Waals surface area contributed by atoms with E-state index in [1.54, 1.807) is 0 Å². The van der Waals surface area contributed by atoms with Crippen molar-refractivity contribution in [3.63, 3.8) is 0 Å². The van der Waals surface area contributed by atoms with Crippen LogP contribution in [0.3, 0.4) is 0 Å². The first kappa shape index (κ1) is 15.2. The maximum Gasteiger partial charge on any atom is 0.483 e. The minimum atomic E-state index is -5.42. The molecule has 2 nitrogen and oxygen atoms in total. The second kappa shape index (κ2) is 4.65. The predicted molar refractivity (Wildman–Crippen MR) is 53.5 cm³/mol. The molecule has 1 atom stereocenters. The maximum atomic E-state index is 12.4. The highest BCUT2D eigenvalue weighted by molar-refractivity contribution is 8.01. The third-order valence-corrected chi connectivity index (χ3v) is 4.27. The zero-order valence-electron chi connectivity index (χ0n) is 8.30. The third kappa shape index (κ3) is 3.31.